The fraction of sp³-hybridized carbons (Fsp3) is 0.185. The second-order valence-corrected chi connectivity index (χ2v) is 10.4. The van der Waals surface area contributed by atoms with Gasteiger partial charge in [-0.3, -0.25) is 14.3 Å². The summed E-state index contributed by atoms with van der Waals surface area (Å²) in [5, 5.41) is 24.1. The molecule has 0 aliphatic heterocycles. The van der Waals surface area contributed by atoms with Gasteiger partial charge in [0.15, 0.2) is 12.4 Å². The number of rotatable bonds is 9. The number of alkyl halides is 2. The number of anilines is 1. The van der Waals surface area contributed by atoms with Gasteiger partial charge in [0, 0.05) is 34.9 Å². The number of thiophene rings is 1. The minimum absolute atomic E-state index is 0.0202. The van der Waals surface area contributed by atoms with Gasteiger partial charge in [-0.05, 0) is 36.8 Å². The zero-order valence-corrected chi connectivity index (χ0v) is 23.6. The lowest BCUT2D eigenvalue weighted by atomic mass is 10.0. The van der Waals surface area contributed by atoms with E-state index in [1.54, 1.807) is 24.0 Å². The number of tetrazole rings is 1. The van der Waals surface area contributed by atoms with Crippen LogP contribution in [0.2, 0.25) is 0 Å². The highest BCUT2D eigenvalue weighted by Crippen LogP contribution is 2.43. The SMILES string of the molecule is CCn1ncc(-c2cc(C(F)F)nc3sc(C(N)=O)c(NC(=O)c4ccn(Cn5nnc(-c6ccccc6)n5)n4)c23)c1C. The Balaban J connectivity index is 1.34. The van der Waals surface area contributed by atoms with Crippen molar-refractivity contribution in [3.63, 3.8) is 0 Å². The molecule has 3 N–H and O–H groups in total. The molecule has 0 fully saturated rings. The maximum Gasteiger partial charge on any atom is 0.280 e. The Bertz CT molecular complexity index is 1980. The first kappa shape index (κ1) is 27.8. The van der Waals surface area contributed by atoms with Crippen LogP contribution in [-0.4, -0.2) is 56.6 Å². The van der Waals surface area contributed by atoms with Crippen LogP contribution >= 0.6 is 11.3 Å². The van der Waals surface area contributed by atoms with Crippen molar-refractivity contribution in [2.24, 2.45) is 5.73 Å². The van der Waals surface area contributed by atoms with Crippen LogP contribution in [0, 0.1) is 6.92 Å². The van der Waals surface area contributed by atoms with E-state index in [1.807, 2.05) is 37.3 Å². The Hall–Kier alpha value is -5.38. The summed E-state index contributed by atoms with van der Waals surface area (Å²) in [6.45, 7) is 4.34. The van der Waals surface area contributed by atoms with Gasteiger partial charge in [0.05, 0.1) is 11.9 Å². The fourth-order valence-corrected chi connectivity index (χ4v) is 5.65. The third-order valence-electron chi connectivity index (χ3n) is 6.69. The van der Waals surface area contributed by atoms with Crippen molar-refractivity contribution in [3.05, 3.63) is 76.8 Å². The van der Waals surface area contributed by atoms with Crippen molar-refractivity contribution in [1.82, 2.24) is 44.8 Å². The van der Waals surface area contributed by atoms with Gasteiger partial charge >= 0.3 is 0 Å². The number of fused-ring (bicyclic) bond motifs is 1. The van der Waals surface area contributed by atoms with Crippen molar-refractivity contribution in [2.45, 2.75) is 33.5 Å². The van der Waals surface area contributed by atoms with E-state index in [4.69, 9.17) is 5.73 Å². The Kier molecular flexibility index (Phi) is 7.19. The van der Waals surface area contributed by atoms with Crippen LogP contribution in [0.15, 0.2) is 54.9 Å². The molecule has 6 aromatic rings. The van der Waals surface area contributed by atoms with Crippen molar-refractivity contribution in [2.75, 3.05) is 5.32 Å². The average Bonchev–Trinajstić information content (AvgIpc) is 3.80. The Morgan fingerprint density at radius 3 is 2.60 bits per heavy atom. The quantitative estimate of drug-likeness (QED) is 0.249. The van der Waals surface area contributed by atoms with Gasteiger partial charge in [-0.1, -0.05) is 30.3 Å². The molecule has 0 saturated carbocycles. The number of nitrogens with zero attached hydrogens (tertiary/aromatic N) is 9. The van der Waals surface area contributed by atoms with Crippen LogP contribution in [-0.2, 0) is 13.2 Å². The zero-order valence-electron chi connectivity index (χ0n) is 22.8. The van der Waals surface area contributed by atoms with Crippen LogP contribution in [0.4, 0.5) is 14.5 Å². The first-order valence-corrected chi connectivity index (χ1v) is 13.8. The molecule has 0 aliphatic carbocycles. The van der Waals surface area contributed by atoms with E-state index in [0.29, 0.717) is 28.9 Å². The van der Waals surface area contributed by atoms with E-state index < -0.39 is 23.9 Å². The molecule has 0 radical (unpaired) electrons. The second kappa shape index (κ2) is 11.1. The number of benzene rings is 1. The second-order valence-electron chi connectivity index (χ2n) is 9.39. The van der Waals surface area contributed by atoms with E-state index >= 15 is 0 Å². The van der Waals surface area contributed by atoms with Crippen molar-refractivity contribution >= 4 is 39.1 Å². The van der Waals surface area contributed by atoms with Crippen molar-refractivity contribution < 1.29 is 18.4 Å². The number of primary amides is 1. The highest BCUT2D eigenvalue weighted by Gasteiger charge is 2.27. The number of aromatic nitrogens is 9. The maximum atomic E-state index is 13.8. The van der Waals surface area contributed by atoms with Crippen molar-refractivity contribution in [3.8, 4) is 22.5 Å². The molecular formula is C27H23F2N11O2S. The van der Waals surface area contributed by atoms with E-state index in [9.17, 15) is 18.4 Å². The average molecular weight is 604 g/mol. The van der Waals surface area contributed by atoms with E-state index in [1.165, 1.54) is 21.6 Å². The van der Waals surface area contributed by atoms with Gasteiger partial charge in [0.1, 0.15) is 15.4 Å². The van der Waals surface area contributed by atoms with E-state index in [2.05, 4.69) is 35.9 Å². The zero-order chi connectivity index (χ0) is 30.2. The molecule has 5 aromatic heterocycles. The standard InChI is InChI=1S/C27H23F2N11O2S/c1-3-39-14(2)17(12-31-39)16-11-19(23(28)29)32-27-20(16)21(22(43-27)24(30)41)33-26(42)18-9-10-38(35-18)13-40-36-25(34-37-40)15-7-5-4-6-8-15/h4-12,23H,3,13H2,1-2H3,(H2,30,41)(H,33,42). The monoisotopic (exact) mass is 603 g/mol. The number of carbonyl (C=O) groups excluding carboxylic acids is 2. The summed E-state index contributed by atoms with van der Waals surface area (Å²) in [5.41, 5.74) is 7.67. The minimum atomic E-state index is -2.87. The smallest absolute Gasteiger partial charge is 0.280 e. The summed E-state index contributed by atoms with van der Waals surface area (Å²) in [6.07, 6.45) is 0.249. The van der Waals surface area contributed by atoms with Crippen molar-refractivity contribution in [1.29, 1.82) is 0 Å². The minimum Gasteiger partial charge on any atom is -0.365 e. The van der Waals surface area contributed by atoms with Crippen LogP contribution in [0.25, 0.3) is 32.7 Å². The summed E-state index contributed by atoms with van der Waals surface area (Å²) in [5.74, 6) is -1.06. The number of amides is 2. The van der Waals surface area contributed by atoms with Crippen LogP contribution in [0.5, 0.6) is 0 Å². The molecular weight excluding hydrogens is 580 g/mol. The number of hydrogen-bond donors (Lipinski definition) is 2. The largest absolute Gasteiger partial charge is 0.365 e. The first-order chi connectivity index (χ1) is 20.7. The summed E-state index contributed by atoms with van der Waals surface area (Å²) < 4.78 is 30.8. The first-order valence-electron chi connectivity index (χ1n) is 13.0. The molecule has 2 amide bonds. The van der Waals surface area contributed by atoms with Gasteiger partial charge in [0.2, 0.25) is 5.82 Å². The molecule has 6 rings (SSSR count). The molecule has 218 valence electrons. The van der Waals surface area contributed by atoms with Crippen LogP contribution in [0.3, 0.4) is 0 Å². The molecule has 0 saturated heterocycles. The fourth-order valence-electron chi connectivity index (χ4n) is 4.64. The Morgan fingerprint density at radius 1 is 1.12 bits per heavy atom. The number of hydrogen-bond acceptors (Lipinski definition) is 9. The van der Waals surface area contributed by atoms with E-state index in [-0.39, 0.29) is 27.8 Å². The lowest BCUT2D eigenvalue weighted by Crippen LogP contribution is -2.18. The molecule has 0 aliphatic rings. The number of nitrogens with two attached hydrogens (primary N) is 1. The summed E-state index contributed by atoms with van der Waals surface area (Å²) in [4.78, 5) is 31.3. The highest BCUT2D eigenvalue weighted by molar-refractivity contribution is 7.21. The van der Waals surface area contributed by atoms with Gasteiger partial charge < -0.3 is 11.1 Å². The molecule has 0 bridgehead atoms. The number of nitrogens with one attached hydrogen (secondary N) is 1. The molecule has 16 heteroatoms. The van der Waals surface area contributed by atoms with Crippen LogP contribution in [0.1, 0.15) is 44.9 Å². The normalized spacial score (nSPS) is 11.5. The van der Waals surface area contributed by atoms with Gasteiger partial charge in [0.25, 0.3) is 18.2 Å². The van der Waals surface area contributed by atoms with Gasteiger partial charge in [-0.15, -0.1) is 26.3 Å². The molecule has 1 aromatic carbocycles. The summed E-state index contributed by atoms with van der Waals surface area (Å²) in [6, 6.07) is 12.1. The number of aryl methyl sites for hydroxylation is 1. The molecule has 43 heavy (non-hydrogen) atoms. The third kappa shape index (κ3) is 5.23. The van der Waals surface area contributed by atoms with Gasteiger partial charge in [-0.2, -0.15) is 10.2 Å². The third-order valence-corrected chi connectivity index (χ3v) is 7.79. The molecule has 0 unspecified atom stereocenters. The molecule has 0 spiro atoms. The number of pyridine rings is 1. The molecule has 5 heterocycles. The lowest BCUT2D eigenvalue weighted by Gasteiger charge is -2.10. The van der Waals surface area contributed by atoms with Crippen LogP contribution < -0.4 is 11.1 Å². The predicted molar refractivity (Wildman–Crippen MR) is 154 cm³/mol. The number of halogens is 2. The topological polar surface area (TPSA) is 164 Å². The summed E-state index contributed by atoms with van der Waals surface area (Å²) in [7, 11) is 0. The maximum absolute atomic E-state index is 13.8. The molecule has 13 nitrogen and oxygen atoms in total. The lowest BCUT2D eigenvalue weighted by molar-refractivity contribution is 0.100. The van der Waals surface area contributed by atoms with Gasteiger partial charge in [-0.25, -0.2) is 18.4 Å². The number of carbonyl (C=O) groups is 2. The molecule has 0 atom stereocenters. The Labute approximate surface area is 245 Å². The predicted octanol–water partition coefficient (Wildman–Crippen LogP) is 4.13. The Morgan fingerprint density at radius 2 is 1.91 bits per heavy atom. The summed E-state index contributed by atoms with van der Waals surface area (Å²) >= 11 is 0.822. The highest BCUT2D eigenvalue weighted by atomic mass is 32.1. The van der Waals surface area contributed by atoms with E-state index in [0.717, 1.165) is 22.6 Å².